The van der Waals surface area contributed by atoms with Gasteiger partial charge in [-0.15, -0.1) is 0 Å². The Balaban J connectivity index is 1.80. The average molecular weight is 213 g/mol. The van der Waals surface area contributed by atoms with Crippen LogP contribution in [0.2, 0.25) is 0 Å². The Kier molecular flexibility index (Phi) is 4.42. The summed E-state index contributed by atoms with van der Waals surface area (Å²) in [6, 6.07) is 0.580. The summed E-state index contributed by atoms with van der Waals surface area (Å²) in [6.45, 7) is 3.98. The fourth-order valence-electron chi connectivity index (χ4n) is 2.98. The molecule has 2 atom stereocenters. The van der Waals surface area contributed by atoms with Gasteiger partial charge >= 0.3 is 0 Å². The van der Waals surface area contributed by atoms with Gasteiger partial charge < -0.3 is 14.8 Å². The first-order valence-corrected chi connectivity index (χ1v) is 6.20. The van der Waals surface area contributed by atoms with Crippen molar-refractivity contribution in [3.63, 3.8) is 0 Å². The van der Waals surface area contributed by atoms with Crippen molar-refractivity contribution >= 4 is 0 Å². The Hall–Kier alpha value is -0.120. The molecule has 3 heteroatoms. The lowest BCUT2D eigenvalue weighted by molar-refractivity contribution is 0.0318. The van der Waals surface area contributed by atoms with Gasteiger partial charge in [-0.25, -0.2) is 0 Å². The Morgan fingerprint density at radius 3 is 2.73 bits per heavy atom. The van der Waals surface area contributed by atoms with E-state index in [1.807, 2.05) is 0 Å². The van der Waals surface area contributed by atoms with Crippen LogP contribution in [0.25, 0.3) is 0 Å². The number of hydrogen-bond acceptors (Lipinski definition) is 3. The van der Waals surface area contributed by atoms with Crippen LogP contribution in [0.4, 0.5) is 0 Å². The fourth-order valence-corrected chi connectivity index (χ4v) is 2.98. The number of rotatable bonds is 3. The largest absolute Gasteiger partial charge is 0.383 e. The minimum absolute atomic E-state index is 0.580. The molecule has 2 unspecified atom stereocenters. The summed E-state index contributed by atoms with van der Waals surface area (Å²) in [6.07, 6.45) is 5.16. The van der Waals surface area contributed by atoms with Crippen LogP contribution in [0.3, 0.4) is 0 Å². The molecule has 0 radical (unpaired) electrons. The first-order chi connectivity index (χ1) is 7.40. The summed E-state index contributed by atoms with van der Waals surface area (Å²) < 4.78 is 10.7. The first kappa shape index (κ1) is 11.4. The lowest BCUT2D eigenvalue weighted by atomic mass is 9.78. The highest BCUT2D eigenvalue weighted by Crippen LogP contribution is 2.31. The monoisotopic (exact) mass is 213 g/mol. The molecule has 2 rings (SSSR count). The van der Waals surface area contributed by atoms with E-state index in [2.05, 4.69) is 5.32 Å². The topological polar surface area (TPSA) is 30.5 Å². The van der Waals surface area contributed by atoms with Gasteiger partial charge in [-0.05, 0) is 44.1 Å². The van der Waals surface area contributed by atoms with Crippen LogP contribution >= 0.6 is 0 Å². The van der Waals surface area contributed by atoms with Crippen molar-refractivity contribution in [1.29, 1.82) is 0 Å². The van der Waals surface area contributed by atoms with E-state index in [-0.39, 0.29) is 0 Å². The smallest absolute Gasteiger partial charge is 0.0615 e. The SMILES string of the molecule is COCC1CC(C2CCOCC2)CCN1. The van der Waals surface area contributed by atoms with Gasteiger partial charge in [-0.1, -0.05) is 0 Å². The highest BCUT2D eigenvalue weighted by molar-refractivity contribution is 4.83. The minimum atomic E-state index is 0.580. The van der Waals surface area contributed by atoms with E-state index in [0.717, 1.165) is 38.2 Å². The molecule has 2 aliphatic rings. The summed E-state index contributed by atoms with van der Waals surface area (Å²) in [5, 5.41) is 3.53. The lowest BCUT2D eigenvalue weighted by Crippen LogP contribution is -2.43. The molecule has 88 valence electrons. The fraction of sp³-hybridized carbons (Fsp3) is 1.00. The van der Waals surface area contributed by atoms with Gasteiger partial charge in [-0.3, -0.25) is 0 Å². The van der Waals surface area contributed by atoms with E-state index in [1.54, 1.807) is 7.11 Å². The van der Waals surface area contributed by atoms with Gasteiger partial charge in [0.25, 0.3) is 0 Å². The quantitative estimate of drug-likeness (QED) is 0.769. The molecular weight excluding hydrogens is 190 g/mol. The van der Waals surface area contributed by atoms with Gasteiger partial charge in [0.05, 0.1) is 6.61 Å². The van der Waals surface area contributed by atoms with Crippen LogP contribution in [-0.4, -0.2) is 39.5 Å². The second kappa shape index (κ2) is 5.83. The molecule has 2 aliphatic heterocycles. The molecular formula is C12H23NO2. The van der Waals surface area contributed by atoms with E-state index in [4.69, 9.17) is 9.47 Å². The predicted octanol–water partition coefficient (Wildman–Crippen LogP) is 1.43. The molecule has 2 fully saturated rings. The lowest BCUT2D eigenvalue weighted by Gasteiger charge is -2.36. The molecule has 0 aromatic rings. The third-order valence-corrected chi connectivity index (χ3v) is 3.84. The molecule has 2 saturated heterocycles. The summed E-state index contributed by atoms with van der Waals surface area (Å²) in [4.78, 5) is 0. The molecule has 15 heavy (non-hydrogen) atoms. The molecule has 0 amide bonds. The van der Waals surface area contributed by atoms with E-state index in [1.165, 1.54) is 25.7 Å². The Bertz CT molecular complexity index is 178. The maximum absolute atomic E-state index is 5.42. The highest BCUT2D eigenvalue weighted by atomic mass is 16.5. The van der Waals surface area contributed by atoms with Crippen molar-refractivity contribution in [3.8, 4) is 0 Å². The van der Waals surface area contributed by atoms with Crippen molar-refractivity contribution in [2.75, 3.05) is 33.5 Å². The standard InChI is InChI=1S/C12H23NO2/c1-14-9-12-8-11(2-5-13-12)10-3-6-15-7-4-10/h10-13H,2-9H2,1H3. The Labute approximate surface area is 92.5 Å². The zero-order chi connectivity index (χ0) is 10.5. The van der Waals surface area contributed by atoms with Crippen LogP contribution in [0.15, 0.2) is 0 Å². The molecule has 0 aromatic heterocycles. The molecule has 0 saturated carbocycles. The maximum atomic E-state index is 5.42. The number of nitrogens with one attached hydrogen (secondary N) is 1. The second-order valence-corrected chi connectivity index (χ2v) is 4.84. The van der Waals surface area contributed by atoms with Crippen molar-refractivity contribution in [3.05, 3.63) is 0 Å². The second-order valence-electron chi connectivity index (χ2n) is 4.84. The molecule has 0 spiro atoms. The van der Waals surface area contributed by atoms with Crippen LogP contribution < -0.4 is 5.32 Å². The van der Waals surface area contributed by atoms with Crippen LogP contribution in [-0.2, 0) is 9.47 Å². The molecule has 3 nitrogen and oxygen atoms in total. The van der Waals surface area contributed by atoms with Gasteiger partial charge in [0, 0.05) is 26.4 Å². The third kappa shape index (κ3) is 3.16. The molecule has 0 aliphatic carbocycles. The van der Waals surface area contributed by atoms with E-state index >= 15 is 0 Å². The van der Waals surface area contributed by atoms with Crippen molar-refractivity contribution in [1.82, 2.24) is 5.32 Å². The van der Waals surface area contributed by atoms with Crippen molar-refractivity contribution < 1.29 is 9.47 Å². The third-order valence-electron chi connectivity index (χ3n) is 3.84. The summed E-state index contributed by atoms with van der Waals surface area (Å²) in [7, 11) is 1.79. The van der Waals surface area contributed by atoms with Gasteiger partial charge in [0.2, 0.25) is 0 Å². The highest BCUT2D eigenvalue weighted by Gasteiger charge is 2.29. The molecule has 0 bridgehead atoms. The van der Waals surface area contributed by atoms with E-state index in [9.17, 15) is 0 Å². The van der Waals surface area contributed by atoms with Gasteiger partial charge in [-0.2, -0.15) is 0 Å². The average Bonchev–Trinajstić information content (AvgIpc) is 2.31. The number of ether oxygens (including phenoxy) is 2. The van der Waals surface area contributed by atoms with Crippen LogP contribution in [0.1, 0.15) is 25.7 Å². The molecule has 1 N–H and O–H groups in total. The first-order valence-electron chi connectivity index (χ1n) is 6.20. The summed E-state index contributed by atoms with van der Waals surface area (Å²) in [5.74, 6) is 1.80. The molecule has 2 heterocycles. The number of hydrogen-bond donors (Lipinski definition) is 1. The zero-order valence-electron chi connectivity index (χ0n) is 9.71. The van der Waals surface area contributed by atoms with Crippen molar-refractivity contribution in [2.45, 2.75) is 31.7 Å². The normalized spacial score (nSPS) is 34.2. The summed E-state index contributed by atoms with van der Waals surface area (Å²) >= 11 is 0. The van der Waals surface area contributed by atoms with Crippen LogP contribution in [0, 0.1) is 11.8 Å². The number of piperidine rings is 1. The Morgan fingerprint density at radius 2 is 2.00 bits per heavy atom. The van der Waals surface area contributed by atoms with E-state index < -0.39 is 0 Å². The van der Waals surface area contributed by atoms with Crippen LogP contribution in [0.5, 0.6) is 0 Å². The minimum Gasteiger partial charge on any atom is -0.383 e. The van der Waals surface area contributed by atoms with Crippen molar-refractivity contribution in [2.24, 2.45) is 11.8 Å². The zero-order valence-corrected chi connectivity index (χ0v) is 9.71. The molecule has 0 aromatic carbocycles. The predicted molar refractivity (Wildman–Crippen MR) is 59.9 cm³/mol. The van der Waals surface area contributed by atoms with Gasteiger partial charge in [0.1, 0.15) is 0 Å². The number of methoxy groups -OCH3 is 1. The Morgan fingerprint density at radius 1 is 1.20 bits per heavy atom. The summed E-state index contributed by atoms with van der Waals surface area (Å²) in [5.41, 5.74) is 0. The maximum Gasteiger partial charge on any atom is 0.0615 e. The van der Waals surface area contributed by atoms with Gasteiger partial charge in [0.15, 0.2) is 0 Å². The van der Waals surface area contributed by atoms with E-state index in [0.29, 0.717) is 6.04 Å².